The van der Waals surface area contributed by atoms with Gasteiger partial charge in [-0.1, -0.05) is 40.2 Å². The first-order valence-corrected chi connectivity index (χ1v) is 7.68. The van der Waals surface area contributed by atoms with E-state index in [1.54, 1.807) is 24.3 Å². The average molecular weight is 393 g/mol. The number of nitrogens with one attached hydrogen (secondary N) is 1. The summed E-state index contributed by atoms with van der Waals surface area (Å²) in [5.74, 6) is -1.21. The number of hydrogen-bond acceptors (Lipinski definition) is 5. The molecule has 1 amide bonds. The highest BCUT2D eigenvalue weighted by atomic mass is 79.9. The quantitative estimate of drug-likeness (QED) is 0.462. The van der Waals surface area contributed by atoms with Gasteiger partial charge < -0.3 is 10.1 Å². The number of nitro groups is 1. The molecule has 0 atom stereocenters. The maximum atomic E-state index is 11.8. The Morgan fingerprint density at radius 1 is 1.17 bits per heavy atom. The number of rotatable bonds is 6. The molecule has 0 spiro atoms. The molecule has 124 valence electrons. The number of nitrogens with zero attached hydrogens (tertiary/aromatic N) is 1. The SMILES string of the molecule is O=C(COC(=O)Cc1ccccc1[N+](=O)[O-])Nc1cccc(Br)c1. The van der Waals surface area contributed by atoms with Gasteiger partial charge in [0, 0.05) is 21.8 Å². The summed E-state index contributed by atoms with van der Waals surface area (Å²) >= 11 is 3.28. The number of amides is 1. The molecule has 1 N–H and O–H groups in total. The minimum Gasteiger partial charge on any atom is -0.455 e. The Morgan fingerprint density at radius 3 is 2.62 bits per heavy atom. The molecule has 0 aromatic heterocycles. The minimum absolute atomic E-state index is 0.159. The van der Waals surface area contributed by atoms with Crippen LogP contribution in [-0.2, 0) is 20.7 Å². The van der Waals surface area contributed by atoms with Crippen LogP contribution in [0.4, 0.5) is 11.4 Å². The van der Waals surface area contributed by atoms with Crippen molar-refractivity contribution < 1.29 is 19.2 Å². The molecular formula is C16H13BrN2O5. The molecule has 0 fully saturated rings. The van der Waals surface area contributed by atoms with Gasteiger partial charge in [0.15, 0.2) is 6.61 Å². The molecule has 8 heteroatoms. The summed E-state index contributed by atoms with van der Waals surface area (Å²) in [6, 6.07) is 12.8. The van der Waals surface area contributed by atoms with Gasteiger partial charge in [-0.15, -0.1) is 0 Å². The third kappa shape index (κ3) is 5.17. The van der Waals surface area contributed by atoms with E-state index in [0.717, 1.165) is 4.47 Å². The molecule has 2 aromatic carbocycles. The van der Waals surface area contributed by atoms with Crippen LogP contribution in [0.1, 0.15) is 5.56 Å². The van der Waals surface area contributed by atoms with Crippen molar-refractivity contribution in [3.05, 3.63) is 68.7 Å². The van der Waals surface area contributed by atoms with Gasteiger partial charge in [-0.3, -0.25) is 19.7 Å². The van der Waals surface area contributed by atoms with E-state index in [4.69, 9.17) is 4.74 Å². The molecular weight excluding hydrogens is 380 g/mol. The third-order valence-corrected chi connectivity index (χ3v) is 3.49. The van der Waals surface area contributed by atoms with Gasteiger partial charge in [0.2, 0.25) is 0 Å². The van der Waals surface area contributed by atoms with Crippen LogP contribution in [0.15, 0.2) is 53.0 Å². The van der Waals surface area contributed by atoms with Crippen molar-refractivity contribution >= 4 is 39.2 Å². The maximum Gasteiger partial charge on any atom is 0.311 e. The monoisotopic (exact) mass is 392 g/mol. The Labute approximate surface area is 145 Å². The maximum absolute atomic E-state index is 11.8. The van der Waals surface area contributed by atoms with Gasteiger partial charge in [0.05, 0.1) is 11.3 Å². The van der Waals surface area contributed by atoms with E-state index in [-0.39, 0.29) is 17.7 Å². The smallest absolute Gasteiger partial charge is 0.311 e. The van der Waals surface area contributed by atoms with Crippen LogP contribution in [0.5, 0.6) is 0 Å². The van der Waals surface area contributed by atoms with Gasteiger partial charge in [0.1, 0.15) is 0 Å². The van der Waals surface area contributed by atoms with Crippen molar-refractivity contribution in [1.82, 2.24) is 0 Å². The third-order valence-electron chi connectivity index (χ3n) is 3.00. The number of hydrogen-bond donors (Lipinski definition) is 1. The normalized spacial score (nSPS) is 10.0. The molecule has 24 heavy (non-hydrogen) atoms. The molecule has 0 aliphatic carbocycles. The zero-order valence-electron chi connectivity index (χ0n) is 12.4. The number of ether oxygens (including phenoxy) is 1. The molecule has 0 saturated heterocycles. The van der Waals surface area contributed by atoms with Crippen molar-refractivity contribution in [2.24, 2.45) is 0 Å². The zero-order valence-corrected chi connectivity index (χ0v) is 14.0. The fourth-order valence-electron chi connectivity index (χ4n) is 1.95. The van der Waals surface area contributed by atoms with Crippen molar-refractivity contribution in [2.75, 3.05) is 11.9 Å². The number of nitro benzene ring substituents is 1. The Balaban J connectivity index is 1.87. The largest absolute Gasteiger partial charge is 0.455 e. The van der Waals surface area contributed by atoms with E-state index in [9.17, 15) is 19.7 Å². The van der Waals surface area contributed by atoms with Crippen molar-refractivity contribution in [3.63, 3.8) is 0 Å². The van der Waals surface area contributed by atoms with E-state index in [0.29, 0.717) is 5.69 Å². The van der Waals surface area contributed by atoms with Crippen LogP contribution in [0.2, 0.25) is 0 Å². The summed E-state index contributed by atoms with van der Waals surface area (Å²) in [6.45, 7) is -0.466. The Morgan fingerprint density at radius 2 is 1.92 bits per heavy atom. The second kappa shape index (κ2) is 8.21. The molecule has 0 aliphatic rings. The summed E-state index contributed by atoms with van der Waals surface area (Å²) in [6.07, 6.45) is -0.276. The Kier molecular flexibility index (Phi) is 6.02. The summed E-state index contributed by atoms with van der Waals surface area (Å²) in [7, 11) is 0. The van der Waals surface area contributed by atoms with Crippen molar-refractivity contribution in [2.45, 2.75) is 6.42 Å². The molecule has 0 bridgehead atoms. The van der Waals surface area contributed by atoms with E-state index in [1.807, 2.05) is 6.07 Å². The second-order valence-electron chi connectivity index (χ2n) is 4.78. The van der Waals surface area contributed by atoms with Crippen LogP contribution in [0, 0.1) is 10.1 Å². The van der Waals surface area contributed by atoms with E-state index >= 15 is 0 Å². The topological polar surface area (TPSA) is 98.5 Å². The van der Waals surface area contributed by atoms with Crippen LogP contribution in [-0.4, -0.2) is 23.4 Å². The van der Waals surface area contributed by atoms with Gasteiger partial charge >= 0.3 is 5.97 Å². The van der Waals surface area contributed by atoms with Crippen LogP contribution >= 0.6 is 15.9 Å². The predicted octanol–water partition coefficient (Wildman–Crippen LogP) is 3.08. The van der Waals surface area contributed by atoms with E-state index in [1.165, 1.54) is 18.2 Å². The molecule has 7 nitrogen and oxygen atoms in total. The lowest BCUT2D eigenvalue weighted by Gasteiger charge is -2.07. The number of esters is 1. The molecule has 0 saturated carbocycles. The fourth-order valence-corrected chi connectivity index (χ4v) is 2.35. The summed E-state index contributed by atoms with van der Waals surface area (Å²) in [5, 5.41) is 13.5. The number of benzene rings is 2. The van der Waals surface area contributed by atoms with Crippen LogP contribution in [0.25, 0.3) is 0 Å². The highest BCUT2D eigenvalue weighted by Gasteiger charge is 2.17. The predicted molar refractivity (Wildman–Crippen MR) is 90.5 cm³/mol. The standard InChI is InChI=1S/C16H13BrN2O5/c17-12-5-3-6-13(9-12)18-15(20)10-24-16(21)8-11-4-1-2-7-14(11)19(22)23/h1-7,9H,8,10H2,(H,18,20). The molecule has 0 unspecified atom stereocenters. The highest BCUT2D eigenvalue weighted by molar-refractivity contribution is 9.10. The minimum atomic E-state index is -0.714. The molecule has 0 aliphatic heterocycles. The summed E-state index contributed by atoms with van der Waals surface area (Å²) in [4.78, 5) is 33.8. The van der Waals surface area contributed by atoms with Crippen molar-refractivity contribution in [3.8, 4) is 0 Å². The fraction of sp³-hybridized carbons (Fsp3) is 0.125. The van der Waals surface area contributed by atoms with Gasteiger partial charge in [-0.05, 0) is 18.2 Å². The second-order valence-corrected chi connectivity index (χ2v) is 5.70. The number of anilines is 1. The zero-order chi connectivity index (χ0) is 17.5. The van der Waals surface area contributed by atoms with Crippen LogP contribution < -0.4 is 5.32 Å². The first-order valence-electron chi connectivity index (χ1n) is 6.89. The number of para-hydroxylation sites is 1. The van der Waals surface area contributed by atoms with Crippen LogP contribution in [0.3, 0.4) is 0 Å². The first kappa shape index (κ1) is 17.6. The summed E-state index contributed by atoms with van der Waals surface area (Å²) in [5.41, 5.74) is 0.636. The molecule has 2 aromatic rings. The van der Waals surface area contributed by atoms with Gasteiger partial charge in [-0.2, -0.15) is 0 Å². The Bertz CT molecular complexity index is 779. The lowest BCUT2D eigenvalue weighted by molar-refractivity contribution is -0.385. The number of carbonyl (C=O) groups excluding carboxylic acids is 2. The lowest BCUT2D eigenvalue weighted by atomic mass is 10.1. The van der Waals surface area contributed by atoms with Crippen molar-refractivity contribution in [1.29, 1.82) is 0 Å². The molecule has 2 rings (SSSR count). The Hall–Kier alpha value is -2.74. The molecule has 0 radical (unpaired) electrons. The number of halogens is 1. The molecule has 0 heterocycles. The average Bonchev–Trinajstić information content (AvgIpc) is 2.53. The van der Waals surface area contributed by atoms with Gasteiger partial charge in [0.25, 0.3) is 11.6 Å². The summed E-state index contributed by atoms with van der Waals surface area (Å²) < 4.78 is 5.66. The van der Waals surface area contributed by atoms with E-state index < -0.39 is 23.4 Å². The lowest BCUT2D eigenvalue weighted by Crippen LogP contribution is -2.21. The van der Waals surface area contributed by atoms with Gasteiger partial charge in [-0.25, -0.2) is 0 Å². The highest BCUT2D eigenvalue weighted by Crippen LogP contribution is 2.18. The number of carbonyl (C=O) groups is 2. The van der Waals surface area contributed by atoms with E-state index in [2.05, 4.69) is 21.2 Å². The first-order chi connectivity index (χ1) is 11.5.